The van der Waals surface area contributed by atoms with Crippen molar-refractivity contribution in [2.24, 2.45) is 0 Å². The first-order valence-electron chi connectivity index (χ1n) is 12.1. The molecule has 0 unspecified atom stereocenters. The minimum absolute atomic E-state index is 0.0218. The zero-order valence-corrected chi connectivity index (χ0v) is 22.6. The number of ether oxygens (including phenoxy) is 1. The SMILES string of the molecule is COc1ccccc1/C=C1\Sc2ccc(C(=O)N3CCN(c4cc(Cl)ccc4C)CC3)cc2N(C)C1=O. The average molecular weight is 534 g/mol. The number of fused-ring (bicyclic) bond motifs is 1. The molecule has 1 fully saturated rings. The van der Waals surface area contributed by atoms with E-state index >= 15 is 0 Å². The monoisotopic (exact) mass is 533 g/mol. The molecular formula is C29H28ClN3O3S. The second-order valence-electron chi connectivity index (χ2n) is 9.11. The Morgan fingerprint density at radius 1 is 1.00 bits per heavy atom. The first-order chi connectivity index (χ1) is 17.9. The number of hydrogen-bond acceptors (Lipinski definition) is 5. The Labute approximate surface area is 226 Å². The first-order valence-corrected chi connectivity index (χ1v) is 13.3. The largest absolute Gasteiger partial charge is 0.496 e. The number of amides is 2. The topological polar surface area (TPSA) is 53.1 Å². The van der Waals surface area contributed by atoms with E-state index in [4.69, 9.17) is 16.3 Å². The molecule has 5 rings (SSSR count). The molecule has 190 valence electrons. The van der Waals surface area contributed by atoms with Crippen LogP contribution in [0.5, 0.6) is 5.75 Å². The van der Waals surface area contributed by atoms with Gasteiger partial charge in [0.25, 0.3) is 11.8 Å². The summed E-state index contributed by atoms with van der Waals surface area (Å²) in [5.74, 6) is 0.577. The highest BCUT2D eigenvalue weighted by atomic mass is 35.5. The van der Waals surface area contributed by atoms with Gasteiger partial charge < -0.3 is 19.4 Å². The van der Waals surface area contributed by atoms with Gasteiger partial charge in [-0.05, 0) is 55.0 Å². The van der Waals surface area contributed by atoms with Crippen LogP contribution >= 0.6 is 23.4 Å². The molecule has 0 spiro atoms. The van der Waals surface area contributed by atoms with Gasteiger partial charge in [-0.3, -0.25) is 9.59 Å². The fourth-order valence-electron chi connectivity index (χ4n) is 4.71. The highest BCUT2D eigenvalue weighted by Crippen LogP contribution is 2.42. The Morgan fingerprint density at radius 2 is 1.76 bits per heavy atom. The molecule has 0 bridgehead atoms. The number of para-hydroxylation sites is 1. The molecule has 0 radical (unpaired) electrons. The lowest BCUT2D eigenvalue weighted by Crippen LogP contribution is -2.49. The predicted octanol–water partition coefficient (Wildman–Crippen LogP) is 5.73. The maximum absolute atomic E-state index is 13.4. The van der Waals surface area contributed by atoms with Crippen molar-refractivity contribution in [1.29, 1.82) is 0 Å². The van der Waals surface area contributed by atoms with E-state index in [1.54, 1.807) is 19.1 Å². The van der Waals surface area contributed by atoms with Gasteiger partial charge in [0.05, 0.1) is 17.7 Å². The van der Waals surface area contributed by atoms with Gasteiger partial charge in [-0.15, -0.1) is 0 Å². The van der Waals surface area contributed by atoms with Crippen LogP contribution in [0.15, 0.2) is 70.5 Å². The van der Waals surface area contributed by atoms with Gasteiger partial charge in [-0.2, -0.15) is 0 Å². The molecule has 2 aliphatic heterocycles. The summed E-state index contributed by atoms with van der Waals surface area (Å²) >= 11 is 7.62. The van der Waals surface area contributed by atoms with Crippen molar-refractivity contribution in [1.82, 2.24) is 4.90 Å². The Bertz CT molecular complexity index is 1400. The fraction of sp³-hybridized carbons (Fsp3) is 0.241. The molecule has 0 N–H and O–H groups in total. The van der Waals surface area contributed by atoms with E-state index < -0.39 is 0 Å². The maximum Gasteiger partial charge on any atom is 0.264 e. The Morgan fingerprint density at radius 3 is 2.51 bits per heavy atom. The van der Waals surface area contributed by atoms with Gasteiger partial charge >= 0.3 is 0 Å². The average Bonchev–Trinajstić information content (AvgIpc) is 2.92. The number of carbonyl (C=O) groups is 2. The van der Waals surface area contributed by atoms with Crippen LogP contribution in [0.1, 0.15) is 21.5 Å². The second kappa shape index (κ2) is 10.5. The molecule has 2 heterocycles. The maximum atomic E-state index is 13.4. The zero-order chi connectivity index (χ0) is 26.1. The third-order valence-corrected chi connectivity index (χ3v) is 8.12. The summed E-state index contributed by atoms with van der Waals surface area (Å²) in [7, 11) is 3.36. The summed E-state index contributed by atoms with van der Waals surface area (Å²) < 4.78 is 5.43. The molecule has 3 aromatic carbocycles. The van der Waals surface area contributed by atoms with Gasteiger partial charge in [-0.1, -0.05) is 47.6 Å². The number of aryl methyl sites for hydroxylation is 1. The lowest BCUT2D eigenvalue weighted by molar-refractivity contribution is -0.114. The van der Waals surface area contributed by atoms with Crippen LogP contribution in [0.2, 0.25) is 5.02 Å². The van der Waals surface area contributed by atoms with Gasteiger partial charge in [0.2, 0.25) is 0 Å². The minimum atomic E-state index is -0.112. The van der Waals surface area contributed by atoms with Crippen LogP contribution in [0.3, 0.4) is 0 Å². The van der Waals surface area contributed by atoms with Crippen LogP contribution < -0.4 is 14.5 Å². The number of anilines is 2. The molecule has 0 aliphatic carbocycles. The van der Waals surface area contributed by atoms with Crippen molar-refractivity contribution in [3.8, 4) is 5.75 Å². The van der Waals surface area contributed by atoms with Crippen molar-refractivity contribution in [3.63, 3.8) is 0 Å². The highest BCUT2D eigenvalue weighted by molar-refractivity contribution is 8.04. The van der Waals surface area contributed by atoms with Crippen LogP contribution in [0, 0.1) is 6.92 Å². The zero-order valence-electron chi connectivity index (χ0n) is 21.0. The molecule has 3 aromatic rings. The molecule has 37 heavy (non-hydrogen) atoms. The lowest BCUT2D eigenvalue weighted by atomic mass is 10.1. The highest BCUT2D eigenvalue weighted by Gasteiger charge is 2.29. The molecule has 2 aliphatic rings. The van der Waals surface area contributed by atoms with Crippen LogP contribution in [0.25, 0.3) is 6.08 Å². The molecule has 0 saturated carbocycles. The van der Waals surface area contributed by atoms with Crippen LogP contribution in [0.4, 0.5) is 11.4 Å². The van der Waals surface area contributed by atoms with Gasteiger partial charge in [0.1, 0.15) is 5.75 Å². The van der Waals surface area contributed by atoms with E-state index in [0.717, 1.165) is 34.9 Å². The molecule has 2 amide bonds. The number of piperazine rings is 1. The van der Waals surface area contributed by atoms with E-state index in [1.165, 1.54) is 17.3 Å². The number of hydrogen-bond donors (Lipinski definition) is 0. The molecule has 0 atom stereocenters. The van der Waals surface area contributed by atoms with Crippen LogP contribution in [-0.4, -0.2) is 57.1 Å². The standard InChI is InChI=1S/C29H28ClN3O3S/c1-19-8-10-22(30)18-23(19)32-12-14-33(15-13-32)28(34)21-9-11-26-24(16-21)31(2)29(35)27(37-26)17-20-6-4-5-7-25(20)36-3/h4-11,16-18H,12-15H2,1-3H3/b27-17-. The summed E-state index contributed by atoms with van der Waals surface area (Å²) in [4.78, 5) is 33.8. The van der Waals surface area contributed by atoms with Gasteiger partial charge in [-0.25, -0.2) is 0 Å². The number of carbonyl (C=O) groups excluding carboxylic acids is 2. The number of methoxy groups -OCH3 is 1. The number of benzene rings is 3. The van der Waals surface area contributed by atoms with Crippen molar-refractivity contribution < 1.29 is 14.3 Å². The number of halogens is 1. The Hall–Kier alpha value is -3.42. The van der Waals surface area contributed by atoms with Gasteiger partial charge in [0, 0.05) is 60.0 Å². The summed E-state index contributed by atoms with van der Waals surface area (Å²) in [5, 5.41) is 0.714. The lowest BCUT2D eigenvalue weighted by Gasteiger charge is -2.37. The summed E-state index contributed by atoms with van der Waals surface area (Å²) in [6, 6.07) is 19.1. The Kier molecular flexibility index (Phi) is 7.17. The van der Waals surface area contributed by atoms with Crippen LogP contribution in [-0.2, 0) is 4.79 Å². The predicted molar refractivity (Wildman–Crippen MR) is 151 cm³/mol. The number of thioether (sulfide) groups is 1. The van der Waals surface area contributed by atoms with Crippen molar-refractivity contribution in [2.75, 3.05) is 50.1 Å². The van der Waals surface area contributed by atoms with Crippen molar-refractivity contribution >= 4 is 52.6 Å². The van der Waals surface area contributed by atoms with E-state index in [2.05, 4.69) is 11.8 Å². The van der Waals surface area contributed by atoms with Crippen molar-refractivity contribution in [3.05, 3.63) is 87.3 Å². The number of nitrogens with zero attached hydrogens (tertiary/aromatic N) is 3. The van der Waals surface area contributed by atoms with Gasteiger partial charge in [0.15, 0.2) is 0 Å². The van der Waals surface area contributed by atoms with E-state index in [9.17, 15) is 9.59 Å². The summed E-state index contributed by atoms with van der Waals surface area (Å²) in [6.07, 6.45) is 1.85. The molecule has 8 heteroatoms. The summed E-state index contributed by atoms with van der Waals surface area (Å²) in [6.45, 7) is 4.80. The summed E-state index contributed by atoms with van der Waals surface area (Å²) in [5.41, 5.74) is 4.46. The number of likely N-dealkylation sites (N-methyl/N-ethyl adjacent to an activating group) is 1. The second-order valence-corrected chi connectivity index (χ2v) is 10.6. The number of rotatable bonds is 4. The quantitative estimate of drug-likeness (QED) is 0.401. The Balaban J connectivity index is 1.32. The van der Waals surface area contributed by atoms with E-state index in [0.29, 0.717) is 34.3 Å². The molecule has 1 saturated heterocycles. The molecule has 0 aromatic heterocycles. The van der Waals surface area contributed by atoms with E-state index in [1.807, 2.05) is 71.6 Å². The first kappa shape index (κ1) is 25.2. The third-order valence-electron chi connectivity index (χ3n) is 6.81. The third kappa shape index (κ3) is 5.06. The van der Waals surface area contributed by atoms with E-state index in [-0.39, 0.29) is 11.8 Å². The smallest absolute Gasteiger partial charge is 0.264 e. The molecular weight excluding hydrogens is 506 g/mol. The minimum Gasteiger partial charge on any atom is -0.496 e. The molecule has 6 nitrogen and oxygen atoms in total. The normalized spacial score (nSPS) is 16.7. The van der Waals surface area contributed by atoms with Crippen molar-refractivity contribution in [2.45, 2.75) is 11.8 Å². The fourth-order valence-corrected chi connectivity index (χ4v) is 5.96.